The van der Waals surface area contributed by atoms with Crippen LogP contribution >= 0.6 is 11.6 Å². The number of nitrogens with one attached hydrogen (secondary N) is 1. The topological polar surface area (TPSA) is 52.0 Å². The van der Waals surface area contributed by atoms with Gasteiger partial charge in [-0.25, -0.2) is 9.67 Å². The second-order valence-corrected chi connectivity index (χ2v) is 5.41. The lowest BCUT2D eigenvalue weighted by Crippen LogP contribution is -2.22. The molecule has 0 saturated carbocycles. The van der Waals surface area contributed by atoms with Crippen molar-refractivity contribution < 1.29 is 4.74 Å². The summed E-state index contributed by atoms with van der Waals surface area (Å²) >= 11 is 6.14. The molecule has 108 valence electrons. The van der Waals surface area contributed by atoms with Gasteiger partial charge in [-0.15, -0.1) is 0 Å². The highest BCUT2D eigenvalue weighted by molar-refractivity contribution is 6.31. The highest BCUT2D eigenvalue weighted by atomic mass is 35.5. The third-order valence-corrected chi connectivity index (χ3v) is 3.12. The Labute approximate surface area is 123 Å². The molecule has 2 rings (SSSR count). The van der Waals surface area contributed by atoms with Crippen molar-refractivity contribution in [2.75, 3.05) is 0 Å². The number of halogens is 1. The Balaban J connectivity index is 2.16. The van der Waals surface area contributed by atoms with E-state index in [1.54, 1.807) is 10.9 Å². The first kappa shape index (κ1) is 14.8. The minimum atomic E-state index is 0.392. The lowest BCUT2D eigenvalue weighted by atomic mass is 10.2. The molecule has 2 aromatic rings. The largest absolute Gasteiger partial charge is 0.421 e. The maximum atomic E-state index is 6.14. The fourth-order valence-corrected chi connectivity index (χ4v) is 1.92. The van der Waals surface area contributed by atoms with Crippen molar-refractivity contribution in [1.29, 1.82) is 0 Å². The molecule has 0 amide bonds. The van der Waals surface area contributed by atoms with Gasteiger partial charge in [0.15, 0.2) is 0 Å². The summed E-state index contributed by atoms with van der Waals surface area (Å²) in [5, 5.41) is 8.19. The molecule has 0 radical (unpaired) electrons. The van der Waals surface area contributed by atoms with Gasteiger partial charge in [-0.1, -0.05) is 25.4 Å². The summed E-state index contributed by atoms with van der Waals surface area (Å²) in [5.74, 6) is 1.16. The van der Waals surface area contributed by atoms with Crippen LogP contribution in [0.3, 0.4) is 0 Å². The molecule has 0 spiro atoms. The molecule has 6 heteroatoms. The van der Waals surface area contributed by atoms with Gasteiger partial charge in [0.05, 0.1) is 10.7 Å². The Kier molecular flexibility index (Phi) is 4.62. The standard InChI is InChI=1S/C14H19ClN4O/c1-9(2)16-7-11-6-13(17-8-12(11)15)20-14-5-10(3)18-19(14)4/h5-6,8-9,16H,7H2,1-4H3. The van der Waals surface area contributed by atoms with Gasteiger partial charge in [0, 0.05) is 38.0 Å². The molecule has 0 aromatic carbocycles. The smallest absolute Gasteiger partial charge is 0.221 e. The van der Waals surface area contributed by atoms with E-state index in [4.69, 9.17) is 16.3 Å². The van der Waals surface area contributed by atoms with E-state index in [0.29, 0.717) is 29.4 Å². The summed E-state index contributed by atoms with van der Waals surface area (Å²) in [6.45, 7) is 6.77. The van der Waals surface area contributed by atoms with Gasteiger partial charge >= 0.3 is 0 Å². The fraction of sp³-hybridized carbons (Fsp3) is 0.429. The molecule has 1 N–H and O–H groups in total. The Morgan fingerprint density at radius 3 is 2.75 bits per heavy atom. The predicted molar refractivity (Wildman–Crippen MR) is 79.2 cm³/mol. The van der Waals surface area contributed by atoms with Gasteiger partial charge in [0.2, 0.25) is 11.8 Å². The third kappa shape index (κ3) is 3.71. The highest BCUT2D eigenvalue weighted by Gasteiger charge is 2.09. The molecule has 2 aromatic heterocycles. The molecule has 0 atom stereocenters. The molecule has 0 saturated heterocycles. The second kappa shape index (κ2) is 6.24. The van der Waals surface area contributed by atoms with Crippen molar-refractivity contribution >= 4 is 11.6 Å². The molecule has 0 aliphatic carbocycles. The normalized spacial score (nSPS) is 11.1. The maximum Gasteiger partial charge on any atom is 0.221 e. The van der Waals surface area contributed by atoms with Crippen LogP contribution in [0.5, 0.6) is 11.8 Å². The van der Waals surface area contributed by atoms with Crippen molar-refractivity contribution in [2.45, 2.75) is 33.4 Å². The predicted octanol–water partition coefficient (Wildman–Crippen LogP) is 3.07. The molecule has 0 fully saturated rings. The SMILES string of the molecule is Cc1cc(Oc2cc(CNC(C)C)c(Cl)cn2)n(C)n1. The van der Waals surface area contributed by atoms with E-state index in [0.717, 1.165) is 11.3 Å². The molecular weight excluding hydrogens is 276 g/mol. The molecule has 20 heavy (non-hydrogen) atoms. The Morgan fingerprint density at radius 2 is 2.15 bits per heavy atom. The summed E-state index contributed by atoms with van der Waals surface area (Å²) in [6.07, 6.45) is 1.61. The molecular formula is C14H19ClN4O. The zero-order valence-electron chi connectivity index (χ0n) is 12.1. The Hall–Kier alpha value is -1.59. The van der Waals surface area contributed by atoms with E-state index in [1.165, 1.54) is 0 Å². The van der Waals surface area contributed by atoms with Gasteiger partial charge in [0.1, 0.15) is 0 Å². The van der Waals surface area contributed by atoms with E-state index in [2.05, 4.69) is 29.2 Å². The summed E-state index contributed by atoms with van der Waals surface area (Å²) in [4.78, 5) is 4.19. The van der Waals surface area contributed by atoms with Crippen LogP contribution in [-0.4, -0.2) is 20.8 Å². The average Bonchev–Trinajstić information content (AvgIpc) is 2.68. The maximum absolute atomic E-state index is 6.14. The summed E-state index contributed by atoms with van der Waals surface area (Å²) in [5.41, 5.74) is 1.86. The number of ether oxygens (including phenoxy) is 1. The van der Waals surface area contributed by atoms with E-state index in [1.807, 2.05) is 26.1 Å². The monoisotopic (exact) mass is 294 g/mol. The van der Waals surface area contributed by atoms with Crippen LogP contribution in [0.2, 0.25) is 5.02 Å². The lowest BCUT2D eigenvalue weighted by Gasteiger charge is -2.11. The fourth-order valence-electron chi connectivity index (χ4n) is 1.75. The van der Waals surface area contributed by atoms with E-state index in [9.17, 15) is 0 Å². The van der Waals surface area contributed by atoms with Gasteiger partial charge < -0.3 is 10.1 Å². The quantitative estimate of drug-likeness (QED) is 0.921. The molecule has 0 bridgehead atoms. The number of aryl methyl sites for hydroxylation is 2. The van der Waals surface area contributed by atoms with Crippen LogP contribution in [0.25, 0.3) is 0 Å². The van der Waals surface area contributed by atoms with E-state index >= 15 is 0 Å². The first-order valence-corrected chi connectivity index (χ1v) is 6.90. The van der Waals surface area contributed by atoms with Crippen LogP contribution in [0.15, 0.2) is 18.3 Å². The van der Waals surface area contributed by atoms with Crippen LogP contribution in [-0.2, 0) is 13.6 Å². The minimum Gasteiger partial charge on any atom is -0.421 e. The zero-order valence-corrected chi connectivity index (χ0v) is 12.9. The van der Waals surface area contributed by atoms with Crippen molar-refractivity contribution in [3.8, 4) is 11.8 Å². The number of hydrogen-bond donors (Lipinski definition) is 1. The first-order chi connectivity index (χ1) is 9.45. The van der Waals surface area contributed by atoms with E-state index < -0.39 is 0 Å². The van der Waals surface area contributed by atoms with Crippen LogP contribution < -0.4 is 10.1 Å². The highest BCUT2D eigenvalue weighted by Crippen LogP contribution is 2.24. The summed E-state index contributed by atoms with van der Waals surface area (Å²) in [7, 11) is 1.83. The zero-order chi connectivity index (χ0) is 14.7. The molecule has 0 aliphatic rings. The van der Waals surface area contributed by atoms with Gasteiger partial charge in [0.25, 0.3) is 0 Å². The van der Waals surface area contributed by atoms with Crippen LogP contribution in [0, 0.1) is 6.92 Å². The van der Waals surface area contributed by atoms with Crippen molar-refractivity contribution in [3.63, 3.8) is 0 Å². The number of nitrogens with zero attached hydrogens (tertiary/aromatic N) is 3. The Morgan fingerprint density at radius 1 is 1.40 bits per heavy atom. The number of aromatic nitrogens is 3. The number of pyridine rings is 1. The first-order valence-electron chi connectivity index (χ1n) is 6.52. The molecule has 0 unspecified atom stereocenters. The van der Waals surface area contributed by atoms with Crippen LogP contribution in [0.4, 0.5) is 0 Å². The number of rotatable bonds is 5. The number of hydrogen-bond acceptors (Lipinski definition) is 4. The molecule has 0 aliphatic heterocycles. The lowest BCUT2D eigenvalue weighted by molar-refractivity contribution is 0.414. The molecule has 5 nitrogen and oxygen atoms in total. The van der Waals surface area contributed by atoms with Crippen LogP contribution in [0.1, 0.15) is 25.1 Å². The van der Waals surface area contributed by atoms with Crippen molar-refractivity contribution in [3.05, 3.63) is 34.6 Å². The minimum absolute atomic E-state index is 0.392. The van der Waals surface area contributed by atoms with Gasteiger partial charge in [-0.2, -0.15) is 5.10 Å². The van der Waals surface area contributed by atoms with E-state index in [-0.39, 0.29) is 0 Å². The molecule has 2 heterocycles. The van der Waals surface area contributed by atoms with Gasteiger partial charge in [-0.05, 0) is 12.5 Å². The Bertz CT molecular complexity index is 595. The summed E-state index contributed by atoms with van der Waals surface area (Å²) < 4.78 is 7.41. The third-order valence-electron chi connectivity index (χ3n) is 2.78. The van der Waals surface area contributed by atoms with Gasteiger partial charge in [-0.3, -0.25) is 0 Å². The summed E-state index contributed by atoms with van der Waals surface area (Å²) in [6, 6.07) is 4.10. The van der Waals surface area contributed by atoms with Crippen molar-refractivity contribution in [2.24, 2.45) is 7.05 Å². The van der Waals surface area contributed by atoms with Crippen molar-refractivity contribution in [1.82, 2.24) is 20.1 Å². The average molecular weight is 295 g/mol. The second-order valence-electron chi connectivity index (χ2n) is 5.00.